The van der Waals surface area contributed by atoms with Crippen LogP contribution in [-0.2, 0) is 16.1 Å². The predicted octanol–water partition coefficient (Wildman–Crippen LogP) is 2.19. The summed E-state index contributed by atoms with van der Waals surface area (Å²) >= 11 is 0. The van der Waals surface area contributed by atoms with Crippen LogP contribution in [0.4, 0.5) is 0 Å². The van der Waals surface area contributed by atoms with Gasteiger partial charge in [0.15, 0.2) is 0 Å². The van der Waals surface area contributed by atoms with Gasteiger partial charge in [0.1, 0.15) is 6.04 Å². The number of nitrogens with two attached hydrogens (primary N) is 1. The van der Waals surface area contributed by atoms with E-state index in [-0.39, 0.29) is 24.9 Å². The lowest BCUT2D eigenvalue weighted by Crippen LogP contribution is -2.44. The smallest absolute Gasteiger partial charge is 0.241 e. The number of methoxy groups -OCH3 is 1. The first-order valence-electron chi connectivity index (χ1n) is 6.59. The fraction of sp³-hybridized carbons (Fsp3) is 0.312. The molecule has 2 N–H and O–H groups in total. The maximum atomic E-state index is 12.1. The van der Waals surface area contributed by atoms with Crippen molar-refractivity contribution in [3.05, 3.63) is 48.0 Å². The van der Waals surface area contributed by atoms with E-state index in [9.17, 15) is 4.79 Å². The lowest BCUT2D eigenvalue weighted by atomic mass is 10.0. The highest BCUT2D eigenvalue weighted by Crippen LogP contribution is 2.19. The van der Waals surface area contributed by atoms with Crippen molar-refractivity contribution in [3.63, 3.8) is 0 Å². The molecule has 0 aromatic heterocycles. The standard InChI is InChI=1S/C16H20N2O2.ClH/c1-18(16(19)15(17)11-20-2)10-13-8-5-7-12-6-3-4-9-14(12)13;/h3-9,15H,10-11,17H2,1-2H3;1H. The van der Waals surface area contributed by atoms with Gasteiger partial charge < -0.3 is 15.4 Å². The second-order valence-corrected chi connectivity index (χ2v) is 4.89. The van der Waals surface area contributed by atoms with Crippen LogP contribution in [0.1, 0.15) is 5.56 Å². The van der Waals surface area contributed by atoms with Crippen LogP contribution in [0.3, 0.4) is 0 Å². The van der Waals surface area contributed by atoms with Crippen molar-refractivity contribution in [2.75, 3.05) is 20.8 Å². The fourth-order valence-electron chi connectivity index (χ4n) is 2.30. The lowest BCUT2D eigenvalue weighted by Gasteiger charge is -2.21. The van der Waals surface area contributed by atoms with E-state index in [1.54, 1.807) is 11.9 Å². The molecule has 4 nitrogen and oxygen atoms in total. The van der Waals surface area contributed by atoms with E-state index in [1.165, 1.54) is 12.5 Å². The first-order valence-corrected chi connectivity index (χ1v) is 6.59. The molecular formula is C16H21ClN2O2. The molecule has 0 bridgehead atoms. The van der Waals surface area contributed by atoms with Crippen LogP contribution in [0, 0.1) is 0 Å². The minimum Gasteiger partial charge on any atom is -0.383 e. The minimum atomic E-state index is -0.611. The van der Waals surface area contributed by atoms with Gasteiger partial charge in [0.25, 0.3) is 0 Å². The van der Waals surface area contributed by atoms with Gasteiger partial charge in [0.05, 0.1) is 6.61 Å². The minimum absolute atomic E-state index is 0. The number of hydrogen-bond acceptors (Lipinski definition) is 3. The Balaban J connectivity index is 0.00000220. The Hall–Kier alpha value is -1.62. The van der Waals surface area contributed by atoms with Gasteiger partial charge in [0, 0.05) is 20.7 Å². The number of fused-ring (bicyclic) bond motifs is 1. The third-order valence-corrected chi connectivity index (χ3v) is 3.33. The lowest BCUT2D eigenvalue weighted by molar-refractivity contribution is -0.132. The molecule has 2 aromatic carbocycles. The van der Waals surface area contributed by atoms with Crippen LogP contribution in [0.2, 0.25) is 0 Å². The summed E-state index contributed by atoms with van der Waals surface area (Å²) in [6, 6.07) is 13.6. The average Bonchev–Trinajstić information content (AvgIpc) is 2.47. The Labute approximate surface area is 131 Å². The summed E-state index contributed by atoms with van der Waals surface area (Å²) in [6.07, 6.45) is 0. The summed E-state index contributed by atoms with van der Waals surface area (Å²) in [5.74, 6) is -0.111. The third kappa shape index (κ3) is 4.17. The molecule has 0 saturated carbocycles. The molecule has 0 aliphatic rings. The van der Waals surface area contributed by atoms with Crippen molar-refractivity contribution in [2.45, 2.75) is 12.6 Å². The molecule has 2 rings (SSSR count). The summed E-state index contributed by atoms with van der Waals surface area (Å²) in [5, 5.41) is 2.34. The number of amides is 1. The van der Waals surface area contributed by atoms with Gasteiger partial charge in [-0.25, -0.2) is 0 Å². The van der Waals surface area contributed by atoms with E-state index in [0.717, 1.165) is 10.9 Å². The first-order chi connectivity index (χ1) is 9.63. The Morgan fingerprint density at radius 3 is 2.62 bits per heavy atom. The summed E-state index contributed by atoms with van der Waals surface area (Å²) < 4.78 is 4.92. The molecule has 0 aliphatic heterocycles. The summed E-state index contributed by atoms with van der Waals surface area (Å²) in [6.45, 7) is 0.774. The van der Waals surface area contributed by atoms with Crippen LogP contribution in [0.25, 0.3) is 10.8 Å². The number of hydrogen-bond donors (Lipinski definition) is 1. The van der Waals surface area contributed by atoms with E-state index in [4.69, 9.17) is 10.5 Å². The van der Waals surface area contributed by atoms with Crippen molar-refractivity contribution in [2.24, 2.45) is 5.73 Å². The molecule has 0 heterocycles. The summed E-state index contributed by atoms with van der Waals surface area (Å²) in [5.41, 5.74) is 6.89. The Morgan fingerprint density at radius 1 is 1.24 bits per heavy atom. The number of nitrogens with zero attached hydrogens (tertiary/aromatic N) is 1. The van der Waals surface area contributed by atoms with Gasteiger partial charge in [-0.15, -0.1) is 12.4 Å². The summed E-state index contributed by atoms with van der Waals surface area (Å²) in [4.78, 5) is 13.7. The van der Waals surface area contributed by atoms with Crippen molar-refractivity contribution in [3.8, 4) is 0 Å². The zero-order valence-corrected chi connectivity index (χ0v) is 13.1. The van der Waals surface area contributed by atoms with Crippen LogP contribution in [0.5, 0.6) is 0 Å². The van der Waals surface area contributed by atoms with E-state index >= 15 is 0 Å². The number of ether oxygens (including phenoxy) is 1. The monoisotopic (exact) mass is 308 g/mol. The maximum Gasteiger partial charge on any atom is 0.241 e. The van der Waals surface area contributed by atoms with E-state index in [1.807, 2.05) is 24.3 Å². The maximum absolute atomic E-state index is 12.1. The molecule has 21 heavy (non-hydrogen) atoms. The molecule has 114 valence electrons. The molecule has 1 unspecified atom stereocenters. The fourth-order valence-corrected chi connectivity index (χ4v) is 2.30. The zero-order chi connectivity index (χ0) is 14.5. The normalized spacial score (nSPS) is 11.8. The Kier molecular flexibility index (Phi) is 6.62. The molecule has 2 aromatic rings. The second-order valence-electron chi connectivity index (χ2n) is 4.89. The van der Waals surface area contributed by atoms with Crippen LogP contribution in [0.15, 0.2) is 42.5 Å². The van der Waals surface area contributed by atoms with Crippen molar-refractivity contribution < 1.29 is 9.53 Å². The van der Waals surface area contributed by atoms with Crippen LogP contribution >= 0.6 is 12.4 Å². The average molecular weight is 309 g/mol. The SMILES string of the molecule is COCC(N)C(=O)N(C)Cc1cccc2ccccc12.Cl. The highest BCUT2D eigenvalue weighted by molar-refractivity contribution is 5.87. The molecule has 0 aliphatic carbocycles. The topological polar surface area (TPSA) is 55.6 Å². The van der Waals surface area contributed by atoms with E-state index < -0.39 is 6.04 Å². The van der Waals surface area contributed by atoms with Gasteiger partial charge >= 0.3 is 0 Å². The highest BCUT2D eigenvalue weighted by atomic mass is 35.5. The third-order valence-electron chi connectivity index (χ3n) is 3.33. The molecule has 0 radical (unpaired) electrons. The second kappa shape index (κ2) is 7.98. The van der Waals surface area contributed by atoms with Crippen LogP contribution < -0.4 is 5.73 Å². The molecule has 0 saturated heterocycles. The molecule has 1 amide bonds. The number of likely N-dealkylation sites (N-methyl/N-ethyl adjacent to an activating group) is 1. The van der Waals surface area contributed by atoms with Crippen molar-refractivity contribution >= 4 is 29.1 Å². The number of carbonyl (C=O) groups is 1. The molecule has 0 spiro atoms. The molecular weight excluding hydrogens is 288 g/mol. The van der Waals surface area contributed by atoms with Gasteiger partial charge in [-0.3, -0.25) is 4.79 Å². The van der Waals surface area contributed by atoms with Crippen LogP contribution in [-0.4, -0.2) is 37.6 Å². The predicted molar refractivity (Wildman–Crippen MR) is 87.5 cm³/mol. The highest BCUT2D eigenvalue weighted by Gasteiger charge is 2.18. The first kappa shape index (κ1) is 17.4. The molecule has 1 atom stereocenters. The van der Waals surface area contributed by atoms with Crippen molar-refractivity contribution in [1.29, 1.82) is 0 Å². The van der Waals surface area contributed by atoms with Crippen molar-refractivity contribution in [1.82, 2.24) is 4.90 Å². The molecule has 5 heteroatoms. The number of carbonyl (C=O) groups excluding carboxylic acids is 1. The van der Waals surface area contributed by atoms with Gasteiger partial charge in [-0.05, 0) is 16.3 Å². The van der Waals surface area contributed by atoms with Gasteiger partial charge in [0.2, 0.25) is 5.91 Å². The summed E-state index contributed by atoms with van der Waals surface area (Å²) in [7, 11) is 3.30. The molecule has 0 fully saturated rings. The quantitative estimate of drug-likeness (QED) is 0.921. The number of halogens is 1. The Bertz CT molecular complexity index is 598. The van der Waals surface area contributed by atoms with Gasteiger partial charge in [-0.2, -0.15) is 0 Å². The number of rotatable bonds is 5. The van der Waals surface area contributed by atoms with Gasteiger partial charge in [-0.1, -0.05) is 42.5 Å². The zero-order valence-electron chi connectivity index (χ0n) is 12.3. The Morgan fingerprint density at radius 2 is 1.90 bits per heavy atom. The number of benzene rings is 2. The van der Waals surface area contributed by atoms with E-state index in [2.05, 4.69) is 18.2 Å². The largest absolute Gasteiger partial charge is 0.383 e. The van der Waals surface area contributed by atoms with E-state index in [0.29, 0.717) is 6.54 Å².